The predicted octanol–water partition coefficient (Wildman–Crippen LogP) is 4.60. The van der Waals surface area contributed by atoms with E-state index in [2.05, 4.69) is 4.85 Å². The molecule has 1 aromatic carbocycles. The summed E-state index contributed by atoms with van der Waals surface area (Å²) in [4.78, 5) is 14.5. The molecule has 0 spiro atoms. The molecular formula is C20H30NO4S+. The molecular weight excluding hydrogens is 350 g/mol. The lowest BCUT2D eigenvalue weighted by atomic mass is 9.87. The van der Waals surface area contributed by atoms with Crippen molar-refractivity contribution in [2.75, 3.05) is 6.61 Å². The van der Waals surface area contributed by atoms with E-state index < -0.39 is 20.1 Å². The number of benzene rings is 1. The Balaban J connectivity index is 2.78. The summed E-state index contributed by atoms with van der Waals surface area (Å²) in [6, 6.07) is 6.67. The second-order valence-electron chi connectivity index (χ2n) is 7.43. The van der Waals surface area contributed by atoms with Gasteiger partial charge in [-0.3, -0.25) is 4.79 Å². The van der Waals surface area contributed by atoms with Crippen LogP contribution in [0.2, 0.25) is 0 Å². The van der Waals surface area contributed by atoms with E-state index in [1.807, 2.05) is 20.8 Å². The van der Waals surface area contributed by atoms with Gasteiger partial charge in [0.2, 0.25) is 0 Å². The van der Waals surface area contributed by atoms with Gasteiger partial charge in [0.15, 0.2) is 0 Å². The van der Waals surface area contributed by atoms with Crippen molar-refractivity contribution in [2.45, 2.75) is 70.1 Å². The Morgan fingerprint density at radius 2 is 1.65 bits per heavy atom. The molecule has 0 saturated heterocycles. The van der Waals surface area contributed by atoms with Crippen LogP contribution in [0.15, 0.2) is 29.2 Å². The summed E-state index contributed by atoms with van der Waals surface area (Å²) in [5.41, 5.74) is 0.388. The fourth-order valence-electron chi connectivity index (χ4n) is 2.69. The zero-order chi connectivity index (χ0) is 20.0. The molecule has 1 aromatic rings. The Morgan fingerprint density at radius 3 is 2.15 bits per heavy atom. The molecule has 144 valence electrons. The molecule has 1 atom stereocenters. The number of hydrogen-bond acceptors (Lipinski definition) is 4. The molecule has 0 N–H and O–H groups in total. The first kappa shape index (κ1) is 22.2. The van der Waals surface area contributed by atoms with Crippen LogP contribution < -0.4 is 0 Å². The van der Waals surface area contributed by atoms with E-state index in [1.165, 1.54) is 0 Å². The highest BCUT2D eigenvalue weighted by Gasteiger charge is 2.49. The maximum Gasteiger partial charge on any atom is 0.378 e. The van der Waals surface area contributed by atoms with Crippen LogP contribution in [0.3, 0.4) is 0 Å². The zero-order valence-electron chi connectivity index (χ0n) is 16.4. The van der Waals surface area contributed by atoms with Crippen molar-refractivity contribution in [1.29, 1.82) is 0 Å². The summed E-state index contributed by atoms with van der Waals surface area (Å²) in [6.45, 7) is 14.7. The van der Waals surface area contributed by atoms with Gasteiger partial charge in [-0.05, 0) is 52.7 Å². The highest BCUT2D eigenvalue weighted by molar-refractivity contribution is 7.93. The number of carbonyl (C=O) groups excluding carboxylic acids is 1. The maximum absolute atomic E-state index is 12.9. The molecule has 0 amide bonds. The van der Waals surface area contributed by atoms with Crippen LogP contribution in [-0.4, -0.2) is 25.9 Å². The number of hydrogen-bond donors (Lipinski definition) is 0. The summed E-state index contributed by atoms with van der Waals surface area (Å²) in [6.07, 6.45) is 2.17. The minimum absolute atomic E-state index is 0.214. The monoisotopic (exact) mass is 380 g/mol. The number of ether oxygens (including phenoxy) is 1. The standard InChI is InChI=1S/C20H30NO4S/c1-7-25-18(22)19(3,4)14-8-9-15-20(5,21-6)26(23,24)17-12-10-16(2)11-13-17/h6,10-13H,7-9,14-15H2,1-5H3/q+1. The van der Waals surface area contributed by atoms with Gasteiger partial charge in [-0.15, -0.1) is 0 Å². The third-order valence-electron chi connectivity index (χ3n) is 4.70. The summed E-state index contributed by atoms with van der Waals surface area (Å²) in [7, 11) is -3.69. The number of rotatable bonds is 9. The molecule has 0 bridgehead atoms. The fraction of sp³-hybridized carbons (Fsp3) is 0.600. The molecule has 0 saturated carbocycles. The van der Waals surface area contributed by atoms with E-state index in [0.29, 0.717) is 32.3 Å². The topological polar surface area (TPSA) is 64.8 Å². The molecule has 0 aromatic heterocycles. The first-order valence-corrected chi connectivity index (χ1v) is 10.4. The molecule has 0 heterocycles. The molecule has 1 unspecified atom stereocenters. The summed E-state index contributed by atoms with van der Waals surface area (Å²) < 4.78 is 30.9. The Labute approximate surface area is 157 Å². The minimum Gasteiger partial charge on any atom is -0.466 e. The number of sulfone groups is 1. The molecule has 0 fully saturated rings. The van der Waals surface area contributed by atoms with Crippen LogP contribution >= 0.6 is 0 Å². The Morgan fingerprint density at radius 1 is 1.12 bits per heavy atom. The smallest absolute Gasteiger partial charge is 0.378 e. The maximum atomic E-state index is 12.9. The lowest BCUT2D eigenvalue weighted by Crippen LogP contribution is -2.32. The molecule has 0 radical (unpaired) electrons. The van der Waals surface area contributed by atoms with Gasteiger partial charge in [0, 0.05) is 13.3 Å². The first-order chi connectivity index (χ1) is 12.0. The van der Waals surface area contributed by atoms with Crippen molar-refractivity contribution in [3.63, 3.8) is 0 Å². The van der Waals surface area contributed by atoms with Gasteiger partial charge in [-0.25, -0.2) is 8.42 Å². The summed E-state index contributed by atoms with van der Waals surface area (Å²) in [5, 5.41) is 0. The van der Waals surface area contributed by atoms with E-state index >= 15 is 0 Å². The Hall–Kier alpha value is -1.87. The third-order valence-corrected chi connectivity index (χ3v) is 7.06. The van der Waals surface area contributed by atoms with Gasteiger partial charge in [0.25, 0.3) is 16.4 Å². The van der Waals surface area contributed by atoms with Crippen LogP contribution in [0.25, 0.3) is 4.85 Å². The fourth-order valence-corrected chi connectivity index (χ4v) is 4.24. The second kappa shape index (κ2) is 8.68. The first-order valence-electron chi connectivity index (χ1n) is 8.91. The molecule has 26 heavy (non-hydrogen) atoms. The third kappa shape index (κ3) is 5.07. The highest BCUT2D eigenvalue weighted by Crippen LogP contribution is 2.33. The van der Waals surface area contributed by atoms with Crippen LogP contribution in [0.1, 0.15) is 58.9 Å². The summed E-state index contributed by atoms with van der Waals surface area (Å²) >= 11 is 0. The number of nitrogens with zero attached hydrogens (tertiary/aromatic N) is 1. The number of aryl methyl sites for hydroxylation is 1. The number of carbonyl (C=O) groups is 1. The number of esters is 1. The van der Waals surface area contributed by atoms with Gasteiger partial charge in [0.1, 0.15) is 0 Å². The van der Waals surface area contributed by atoms with E-state index in [0.717, 1.165) is 5.56 Å². The van der Waals surface area contributed by atoms with Crippen molar-refractivity contribution in [2.24, 2.45) is 5.41 Å². The average Bonchev–Trinajstić information content (AvgIpc) is 2.59. The lowest BCUT2D eigenvalue weighted by Gasteiger charge is -2.22. The molecule has 5 nitrogen and oxygen atoms in total. The van der Waals surface area contributed by atoms with Gasteiger partial charge >= 0.3 is 10.8 Å². The zero-order valence-corrected chi connectivity index (χ0v) is 17.2. The summed E-state index contributed by atoms with van der Waals surface area (Å²) in [5.74, 6) is -0.237. The van der Waals surface area contributed by atoms with E-state index in [1.54, 1.807) is 38.1 Å². The largest absolute Gasteiger partial charge is 0.466 e. The molecule has 0 aliphatic heterocycles. The normalized spacial score (nSPS) is 14.3. The van der Waals surface area contributed by atoms with E-state index in [9.17, 15) is 13.2 Å². The van der Waals surface area contributed by atoms with Crippen LogP contribution in [0.5, 0.6) is 0 Å². The van der Waals surface area contributed by atoms with Gasteiger partial charge < -0.3 is 4.74 Å². The molecule has 6 heteroatoms. The molecule has 0 aliphatic rings. The quantitative estimate of drug-likeness (QED) is 0.464. The second-order valence-corrected chi connectivity index (χ2v) is 9.79. The Kier molecular flexibility index (Phi) is 7.40. The lowest BCUT2D eigenvalue weighted by molar-refractivity contribution is -0.153. The highest BCUT2D eigenvalue weighted by atomic mass is 32.2. The SMILES string of the molecule is C#[N+]C(C)(CCCCC(C)(C)C(=O)OCC)S(=O)(=O)c1ccc(C)cc1. The van der Waals surface area contributed by atoms with Crippen LogP contribution in [0, 0.1) is 18.9 Å². The minimum atomic E-state index is -3.69. The van der Waals surface area contributed by atoms with Gasteiger partial charge in [-0.2, -0.15) is 0 Å². The van der Waals surface area contributed by atoms with Crippen molar-refractivity contribution < 1.29 is 17.9 Å². The Bertz CT molecular complexity index is 760. The molecule has 1 rings (SSSR count). The van der Waals surface area contributed by atoms with Crippen molar-refractivity contribution in [3.05, 3.63) is 34.7 Å². The average molecular weight is 381 g/mol. The van der Waals surface area contributed by atoms with Crippen molar-refractivity contribution in [3.8, 4) is 6.57 Å². The van der Waals surface area contributed by atoms with Crippen molar-refractivity contribution >= 4 is 15.8 Å². The van der Waals surface area contributed by atoms with Crippen molar-refractivity contribution in [1.82, 2.24) is 0 Å². The van der Waals surface area contributed by atoms with Crippen LogP contribution in [0.4, 0.5) is 0 Å². The van der Waals surface area contributed by atoms with Crippen LogP contribution in [-0.2, 0) is 19.4 Å². The van der Waals surface area contributed by atoms with Gasteiger partial charge in [-0.1, -0.05) is 29.0 Å². The van der Waals surface area contributed by atoms with E-state index in [-0.39, 0.29) is 10.9 Å². The predicted molar refractivity (Wildman–Crippen MR) is 104 cm³/mol. The van der Waals surface area contributed by atoms with E-state index in [4.69, 9.17) is 11.3 Å². The van der Waals surface area contributed by atoms with Gasteiger partial charge in [0.05, 0.1) is 16.9 Å². The molecule has 0 aliphatic carbocycles. The number of unbranched alkanes of at least 4 members (excludes halogenated alkanes) is 1.